The Kier molecular flexibility index (Phi) is 6.96. The van der Waals surface area contributed by atoms with E-state index in [0.29, 0.717) is 12.8 Å². The van der Waals surface area contributed by atoms with Crippen molar-refractivity contribution >= 4 is 23.6 Å². The first-order valence-corrected chi connectivity index (χ1v) is 9.68. The SMILES string of the molecule is CCC(=O)N[C@H](CCSC)C(=O)N[C@@H]1CCc2ccccc2C1. The van der Waals surface area contributed by atoms with Crippen molar-refractivity contribution in [3.63, 3.8) is 0 Å². The van der Waals surface area contributed by atoms with E-state index in [0.717, 1.165) is 25.0 Å². The van der Waals surface area contributed by atoms with Gasteiger partial charge in [0, 0.05) is 12.5 Å². The Morgan fingerprint density at radius 2 is 2.04 bits per heavy atom. The molecule has 4 nitrogen and oxygen atoms in total. The van der Waals surface area contributed by atoms with Crippen LogP contribution in [0.15, 0.2) is 24.3 Å². The summed E-state index contributed by atoms with van der Waals surface area (Å²) in [4.78, 5) is 24.2. The summed E-state index contributed by atoms with van der Waals surface area (Å²) < 4.78 is 0. The van der Waals surface area contributed by atoms with Gasteiger partial charge in [0.1, 0.15) is 6.04 Å². The Bertz CT molecular complexity index is 548. The molecule has 5 heteroatoms. The first kappa shape index (κ1) is 17.9. The van der Waals surface area contributed by atoms with Crippen LogP contribution in [-0.4, -0.2) is 35.9 Å². The van der Waals surface area contributed by atoms with Gasteiger partial charge in [-0.3, -0.25) is 9.59 Å². The lowest BCUT2D eigenvalue weighted by atomic mass is 9.88. The summed E-state index contributed by atoms with van der Waals surface area (Å²) in [6.07, 6.45) is 5.91. The zero-order chi connectivity index (χ0) is 16.7. The van der Waals surface area contributed by atoms with Crippen LogP contribution in [0.3, 0.4) is 0 Å². The molecule has 1 aromatic carbocycles. The van der Waals surface area contributed by atoms with Crippen LogP contribution in [-0.2, 0) is 22.4 Å². The van der Waals surface area contributed by atoms with Crippen LogP contribution in [0, 0.1) is 0 Å². The molecular weight excluding hydrogens is 308 g/mol. The number of thioether (sulfide) groups is 1. The van der Waals surface area contributed by atoms with E-state index < -0.39 is 6.04 Å². The third-order valence-corrected chi connectivity index (χ3v) is 4.92. The zero-order valence-electron chi connectivity index (χ0n) is 13.9. The van der Waals surface area contributed by atoms with Crippen LogP contribution in [0.5, 0.6) is 0 Å². The fraction of sp³-hybridized carbons (Fsp3) is 0.556. The van der Waals surface area contributed by atoms with Crippen molar-refractivity contribution in [2.75, 3.05) is 12.0 Å². The molecule has 23 heavy (non-hydrogen) atoms. The van der Waals surface area contributed by atoms with Crippen LogP contribution in [0.1, 0.15) is 37.3 Å². The van der Waals surface area contributed by atoms with Gasteiger partial charge in [0.2, 0.25) is 11.8 Å². The van der Waals surface area contributed by atoms with Gasteiger partial charge >= 0.3 is 0 Å². The van der Waals surface area contributed by atoms with E-state index in [1.807, 2.05) is 12.3 Å². The molecule has 2 amide bonds. The summed E-state index contributed by atoms with van der Waals surface area (Å²) in [5.41, 5.74) is 2.71. The molecule has 0 unspecified atom stereocenters. The maximum Gasteiger partial charge on any atom is 0.242 e. The Morgan fingerprint density at radius 3 is 2.74 bits per heavy atom. The number of hydrogen-bond acceptors (Lipinski definition) is 3. The predicted octanol–water partition coefficient (Wildman–Crippen LogP) is 2.31. The monoisotopic (exact) mass is 334 g/mol. The second-order valence-electron chi connectivity index (χ2n) is 5.97. The van der Waals surface area contributed by atoms with E-state index in [2.05, 4.69) is 28.8 Å². The van der Waals surface area contributed by atoms with Gasteiger partial charge in [0.05, 0.1) is 0 Å². The Balaban J connectivity index is 1.94. The number of fused-ring (bicyclic) bond motifs is 1. The molecule has 0 radical (unpaired) electrons. The molecule has 2 rings (SSSR count). The molecule has 1 aromatic rings. The highest BCUT2D eigenvalue weighted by Crippen LogP contribution is 2.21. The number of benzene rings is 1. The van der Waals surface area contributed by atoms with Crippen LogP contribution in [0.25, 0.3) is 0 Å². The van der Waals surface area contributed by atoms with E-state index in [9.17, 15) is 9.59 Å². The number of hydrogen-bond donors (Lipinski definition) is 2. The number of amides is 2. The molecule has 1 aliphatic rings. The van der Waals surface area contributed by atoms with Crippen molar-refractivity contribution in [3.05, 3.63) is 35.4 Å². The van der Waals surface area contributed by atoms with Gasteiger partial charge in [-0.05, 0) is 48.8 Å². The third-order valence-electron chi connectivity index (χ3n) is 4.28. The van der Waals surface area contributed by atoms with Crippen LogP contribution < -0.4 is 10.6 Å². The lowest BCUT2D eigenvalue weighted by molar-refractivity contribution is -0.129. The van der Waals surface area contributed by atoms with Crippen LogP contribution in [0.4, 0.5) is 0 Å². The van der Waals surface area contributed by atoms with E-state index in [1.54, 1.807) is 18.7 Å². The number of carbonyl (C=O) groups excluding carboxylic acids is 2. The van der Waals surface area contributed by atoms with Gasteiger partial charge in [-0.1, -0.05) is 31.2 Å². The highest BCUT2D eigenvalue weighted by molar-refractivity contribution is 7.98. The standard InChI is InChI=1S/C18H26N2O2S/c1-3-17(21)20-16(10-11-23-2)18(22)19-15-9-8-13-6-4-5-7-14(13)12-15/h4-7,15-16H,3,8-12H2,1-2H3,(H,19,22)(H,20,21)/t15-,16-/m1/s1. The van der Waals surface area contributed by atoms with Gasteiger partial charge in [0.25, 0.3) is 0 Å². The lowest BCUT2D eigenvalue weighted by Crippen LogP contribution is -2.50. The Hall–Kier alpha value is -1.49. The molecule has 126 valence electrons. The highest BCUT2D eigenvalue weighted by atomic mass is 32.2. The lowest BCUT2D eigenvalue weighted by Gasteiger charge is -2.27. The first-order valence-electron chi connectivity index (χ1n) is 8.29. The molecule has 0 aliphatic heterocycles. The second-order valence-corrected chi connectivity index (χ2v) is 6.96. The normalized spacial score (nSPS) is 17.9. The smallest absolute Gasteiger partial charge is 0.242 e. The minimum atomic E-state index is -0.424. The Morgan fingerprint density at radius 1 is 1.30 bits per heavy atom. The van der Waals surface area contributed by atoms with Crippen LogP contribution in [0.2, 0.25) is 0 Å². The molecule has 1 aliphatic carbocycles. The minimum Gasteiger partial charge on any atom is -0.351 e. The van der Waals surface area contributed by atoms with Crippen molar-refractivity contribution < 1.29 is 9.59 Å². The van der Waals surface area contributed by atoms with Gasteiger partial charge in [-0.2, -0.15) is 11.8 Å². The van der Waals surface area contributed by atoms with E-state index in [4.69, 9.17) is 0 Å². The molecule has 0 saturated heterocycles. The molecule has 2 N–H and O–H groups in total. The van der Waals surface area contributed by atoms with Crippen molar-refractivity contribution in [2.24, 2.45) is 0 Å². The zero-order valence-corrected chi connectivity index (χ0v) is 14.7. The van der Waals surface area contributed by atoms with Crippen molar-refractivity contribution in [2.45, 2.75) is 51.1 Å². The van der Waals surface area contributed by atoms with E-state index in [-0.39, 0.29) is 17.9 Å². The molecule has 2 atom stereocenters. The van der Waals surface area contributed by atoms with Crippen molar-refractivity contribution in [3.8, 4) is 0 Å². The average molecular weight is 334 g/mol. The number of rotatable bonds is 7. The van der Waals surface area contributed by atoms with E-state index >= 15 is 0 Å². The molecule has 0 fully saturated rings. The predicted molar refractivity (Wildman–Crippen MR) is 95.6 cm³/mol. The average Bonchev–Trinajstić information content (AvgIpc) is 2.58. The fourth-order valence-corrected chi connectivity index (χ4v) is 3.40. The molecule has 0 spiro atoms. The summed E-state index contributed by atoms with van der Waals surface area (Å²) in [6.45, 7) is 1.80. The van der Waals surface area contributed by atoms with Crippen molar-refractivity contribution in [1.29, 1.82) is 0 Å². The quantitative estimate of drug-likeness (QED) is 0.804. The number of carbonyl (C=O) groups is 2. The molecule has 0 heterocycles. The minimum absolute atomic E-state index is 0.0507. The van der Waals surface area contributed by atoms with Gasteiger partial charge in [-0.25, -0.2) is 0 Å². The maximum atomic E-state index is 12.5. The molecule has 0 bridgehead atoms. The van der Waals surface area contributed by atoms with Gasteiger partial charge in [-0.15, -0.1) is 0 Å². The second kappa shape index (κ2) is 8.96. The van der Waals surface area contributed by atoms with Crippen LogP contribution >= 0.6 is 11.8 Å². The van der Waals surface area contributed by atoms with Gasteiger partial charge in [0.15, 0.2) is 0 Å². The first-order chi connectivity index (χ1) is 11.1. The third kappa shape index (κ3) is 5.27. The summed E-state index contributed by atoms with van der Waals surface area (Å²) in [6, 6.07) is 8.15. The highest BCUT2D eigenvalue weighted by Gasteiger charge is 2.25. The maximum absolute atomic E-state index is 12.5. The summed E-state index contributed by atoms with van der Waals surface area (Å²) >= 11 is 1.69. The Labute approximate surface area is 142 Å². The number of nitrogens with one attached hydrogen (secondary N) is 2. The molecular formula is C18H26N2O2S. The topological polar surface area (TPSA) is 58.2 Å². The van der Waals surface area contributed by atoms with E-state index in [1.165, 1.54) is 11.1 Å². The van der Waals surface area contributed by atoms with Crippen molar-refractivity contribution in [1.82, 2.24) is 10.6 Å². The van der Waals surface area contributed by atoms with Gasteiger partial charge < -0.3 is 10.6 Å². The largest absolute Gasteiger partial charge is 0.351 e. The molecule has 0 aromatic heterocycles. The molecule has 0 saturated carbocycles. The summed E-state index contributed by atoms with van der Waals surface area (Å²) in [7, 11) is 0. The summed E-state index contributed by atoms with van der Waals surface area (Å²) in [5, 5.41) is 5.98. The fourth-order valence-electron chi connectivity index (χ4n) is 2.92. The summed E-state index contributed by atoms with van der Waals surface area (Å²) in [5.74, 6) is 0.737. The number of aryl methyl sites for hydroxylation is 1.